The Bertz CT molecular complexity index is 719. The number of hydrogen-bond donors (Lipinski definition) is 2. The molecule has 0 aliphatic carbocycles. The van der Waals surface area contributed by atoms with Gasteiger partial charge in [-0.3, -0.25) is 4.79 Å². The second-order valence-electron chi connectivity index (χ2n) is 5.95. The molecule has 2 aromatic rings. The quantitative estimate of drug-likeness (QED) is 0.671. The first kappa shape index (κ1) is 19.5. The molecule has 0 spiro atoms. The Labute approximate surface area is 154 Å². The summed E-state index contributed by atoms with van der Waals surface area (Å²) in [7, 11) is 1.62. The van der Waals surface area contributed by atoms with Gasteiger partial charge in [0.15, 0.2) is 0 Å². The Morgan fingerprint density at radius 3 is 2.54 bits per heavy atom. The Balaban J connectivity index is 1.85. The third kappa shape index (κ3) is 5.91. The van der Waals surface area contributed by atoms with Crippen molar-refractivity contribution in [2.24, 2.45) is 0 Å². The Morgan fingerprint density at radius 2 is 1.88 bits per heavy atom. The van der Waals surface area contributed by atoms with Crippen molar-refractivity contribution in [3.63, 3.8) is 0 Å². The van der Waals surface area contributed by atoms with Crippen LogP contribution in [0.1, 0.15) is 36.5 Å². The third-order valence-electron chi connectivity index (χ3n) is 3.79. The zero-order valence-corrected chi connectivity index (χ0v) is 15.7. The standard InChI is InChI=1S/C19H26N4O3/c1-5-13(2)21-19-22-14(3)12-17(23-19)18(24)20-10-11-26-16-8-6-15(25-4)7-9-16/h6-9,12-13H,5,10-11H2,1-4H3,(H,20,24)(H,21,22,23). The zero-order valence-electron chi connectivity index (χ0n) is 15.7. The molecule has 0 saturated carbocycles. The van der Waals surface area contributed by atoms with Crippen molar-refractivity contribution in [3.8, 4) is 11.5 Å². The van der Waals surface area contributed by atoms with Crippen LogP contribution >= 0.6 is 0 Å². The lowest BCUT2D eigenvalue weighted by atomic mass is 10.2. The van der Waals surface area contributed by atoms with Crippen molar-refractivity contribution in [2.45, 2.75) is 33.2 Å². The van der Waals surface area contributed by atoms with E-state index in [1.807, 2.05) is 38.1 Å². The average molecular weight is 358 g/mol. The van der Waals surface area contributed by atoms with Gasteiger partial charge >= 0.3 is 0 Å². The monoisotopic (exact) mass is 358 g/mol. The highest BCUT2D eigenvalue weighted by Crippen LogP contribution is 2.16. The second-order valence-corrected chi connectivity index (χ2v) is 5.95. The highest BCUT2D eigenvalue weighted by molar-refractivity contribution is 5.92. The van der Waals surface area contributed by atoms with Crippen LogP contribution in [0.3, 0.4) is 0 Å². The average Bonchev–Trinajstić information content (AvgIpc) is 2.64. The van der Waals surface area contributed by atoms with Gasteiger partial charge < -0.3 is 20.1 Å². The molecule has 0 aliphatic heterocycles. The van der Waals surface area contributed by atoms with Crippen molar-refractivity contribution < 1.29 is 14.3 Å². The molecule has 1 aromatic heterocycles. The first-order chi connectivity index (χ1) is 12.5. The summed E-state index contributed by atoms with van der Waals surface area (Å²) < 4.78 is 10.7. The number of aryl methyl sites for hydroxylation is 1. The number of amides is 1. The van der Waals surface area contributed by atoms with Crippen molar-refractivity contribution in [1.82, 2.24) is 15.3 Å². The Kier molecular flexibility index (Phi) is 7.20. The molecule has 7 nitrogen and oxygen atoms in total. The van der Waals surface area contributed by atoms with E-state index in [2.05, 4.69) is 27.5 Å². The first-order valence-electron chi connectivity index (χ1n) is 8.69. The molecule has 0 radical (unpaired) electrons. The number of carbonyl (C=O) groups is 1. The summed E-state index contributed by atoms with van der Waals surface area (Å²) in [5, 5.41) is 6.00. The van der Waals surface area contributed by atoms with Crippen molar-refractivity contribution >= 4 is 11.9 Å². The zero-order chi connectivity index (χ0) is 18.9. The summed E-state index contributed by atoms with van der Waals surface area (Å²) in [5.74, 6) is 1.71. The van der Waals surface area contributed by atoms with Crippen LogP contribution in [0.4, 0.5) is 5.95 Å². The van der Waals surface area contributed by atoms with E-state index in [4.69, 9.17) is 9.47 Å². The molecule has 26 heavy (non-hydrogen) atoms. The molecule has 0 saturated heterocycles. The molecular weight excluding hydrogens is 332 g/mol. The molecule has 0 aliphatic rings. The minimum atomic E-state index is -0.249. The van der Waals surface area contributed by atoms with Crippen LogP contribution in [0.5, 0.6) is 11.5 Å². The number of hydrogen-bond acceptors (Lipinski definition) is 6. The van der Waals surface area contributed by atoms with Gasteiger partial charge in [0.2, 0.25) is 5.95 Å². The van der Waals surface area contributed by atoms with Gasteiger partial charge in [0, 0.05) is 11.7 Å². The largest absolute Gasteiger partial charge is 0.497 e. The van der Waals surface area contributed by atoms with E-state index in [-0.39, 0.29) is 11.9 Å². The maximum atomic E-state index is 12.3. The van der Waals surface area contributed by atoms with E-state index in [1.165, 1.54) is 0 Å². The van der Waals surface area contributed by atoms with Crippen molar-refractivity contribution in [1.29, 1.82) is 0 Å². The molecule has 1 heterocycles. The lowest BCUT2D eigenvalue weighted by molar-refractivity contribution is 0.0942. The Morgan fingerprint density at radius 1 is 1.19 bits per heavy atom. The highest BCUT2D eigenvalue weighted by atomic mass is 16.5. The predicted octanol–water partition coefficient (Wildman–Crippen LogP) is 2.81. The molecule has 1 atom stereocenters. The fourth-order valence-electron chi connectivity index (χ4n) is 2.17. The first-order valence-corrected chi connectivity index (χ1v) is 8.69. The minimum absolute atomic E-state index is 0.241. The van der Waals surface area contributed by atoms with Gasteiger partial charge in [-0.2, -0.15) is 0 Å². The number of benzene rings is 1. The fourth-order valence-corrected chi connectivity index (χ4v) is 2.17. The maximum absolute atomic E-state index is 12.3. The number of aromatic nitrogens is 2. The fraction of sp³-hybridized carbons (Fsp3) is 0.421. The molecule has 2 rings (SSSR count). The van der Waals surface area contributed by atoms with Crippen molar-refractivity contribution in [3.05, 3.63) is 41.7 Å². The summed E-state index contributed by atoms with van der Waals surface area (Å²) in [6.07, 6.45) is 0.946. The van der Waals surface area contributed by atoms with E-state index in [1.54, 1.807) is 13.2 Å². The van der Waals surface area contributed by atoms with Gasteiger partial charge in [0.25, 0.3) is 5.91 Å². The summed E-state index contributed by atoms with van der Waals surface area (Å²) in [6, 6.07) is 9.20. The lowest BCUT2D eigenvalue weighted by Gasteiger charge is -2.13. The van der Waals surface area contributed by atoms with Crippen molar-refractivity contribution in [2.75, 3.05) is 25.6 Å². The molecule has 0 bridgehead atoms. The van der Waals surface area contributed by atoms with Gasteiger partial charge in [0.05, 0.1) is 13.7 Å². The topological polar surface area (TPSA) is 85.4 Å². The summed E-state index contributed by atoms with van der Waals surface area (Å²) in [6.45, 7) is 6.70. The summed E-state index contributed by atoms with van der Waals surface area (Å²) in [5.41, 5.74) is 1.08. The normalized spacial score (nSPS) is 11.5. The van der Waals surface area contributed by atoms with Gasteiger partial charge in [-0.15, -0.1) is 0 Å². The highest BCUT2D eigenvalue weighted by Gasteiger charge is 2.11. The summed E-state index contributed by atoms with van der Waals surface area (Å²) in [4.78, 5) is 20.9. The van der Waals surface area contributed by atoms with Gasteiger partial charge in [-0.1, -0.05) is 6.92 Å². The molecule has 0 fully saturated rings. The number of anilines is 1. The number of nitrogens with one attached hydrogen (secondary N) is 2. The van der Waals surface area contributed by atoms with E-state index in [0.29, 0.717) is 24.8 Å². The smallest absolute Gasteiger partial charge is 0.270 e. The number of methoxy groups -OCH3 is 1. The minimum Gasteiger partial charge on any atom is -0.497 e. The van der Waals surface area contributed by atoms with Gasteiger partial charge in [-0.25, -0.2) is 9.97 Å². The van der Waals surface area contributed by atoms with E-state index < -0.39 is 0 Å². The van der Waals surface area contributed by atoms with Crippen LogP contribution in [0.2, 0.25) is 0 Å². The number of carbonyl (C=O) groups excluding carboxylic acids is 1. The number of ether oxygens (including phenoxy) is 2. The summed E-state index contributed by atoms with van der Waals surface area (Å²) >= 11 is 0. The molecule has 7 heteroatoms. The molecule has 1 aromatic carbocycles. The molecule has 1 unspecified atom stereocenters. The molecular formula is C19H26N4O3. The second kappa shape index (κ2) is 9.60. The van der Waals surface area contributed by atoms with Crippen LogP contribution in [0, 0.1) is 6.92 Å². The maximum Gasteiger partial charge on any atom is 0.270 e. The third-order valence-corrected chi connectivity index (χ3v) is 3.79. The van der Waals surface area contributed by atoms with E-state index in [9.17, 15) is 4.79 Å². The molecule has 1 amide bonds. The van der Waals surface area contributed by atoms with E-state index >= 15 is 0 Å². The SMILES string of the molecule is CCC(C)Nc1nc(C)cc(C(=O)NCCOc2ccc(OC)cc2)n1. The van der Waals surface area contributed by atoms with Gasteiger partial charge in [0.1, 0.15) is 23.8 Å². The number of nitrogens with zero attached hydrogens (tertiary/aromatic N) is 2. The number of rotatable bonds is 9. The Hall–Kier alpha value is -2.83. The van der Waals surface area contributed by atoms with Crippen LogP contribution in [-0.2, 0) is 0 Å². The van der Waals surface area contributed by atoms with E-state index in [0.717, 1.165) is 23.6 Å². The van der Waals surface area contributed by atoms with Gasteiger partial charge in [-0.05, 0) is 50.6 Å². The molecule has 2 N–H and O–H groups in total. The van der Waals surface area contributed by atoms with Crippen LogP contribution in [0.15, 0.2) is 30.3 Å². The lowest BCUT2D eigenvalue weighted by Crippen LogP contribution is -2.29. The predicted molar refractivity (Wildman–Crippen MR) is 101 cm³/mol. The van der Waals surface area contributed by atoms with Crippen LogP contribution in [-0.4, -0.2) is 42.2 Å². The van der Waals surface area contributed by atoms with Crippen LogP contribution in [0.25, 0.3) is 0 Å². The van der Waals surface area contributed by atoms with Crippen LogP contribution < -0.4 is 20.1 Å². The molecule has 140 valence electrons.